The van der Waals surface area contributed by atoms with Crippen LogP contribution in [0.25, 0.3) is 11.4 Å². The summed E-state index contributed by atoms with van der Waals surface area (Å²) in [4.78, 5) is 8.77. The molecule has 0 amide bonds. The maximum absolute atomic E-state index is 6.00. The van der Waals surface area contributed by atoms with Gasteiger partial charge < -0.3 is 20.5 Å². The maximum atomic E-state index is 6.00. The molecule has 0 aliphatic heterocycles. The molecule has 1 aromatic heterocycles. The lowest BCUT2D eigenvalue weighted by molar-refractivity contribution is 0.354. The van der Waals surface area contributed by atoms with Crippen molar-refractivity contribution in [3.05, 3.63) is 59.4 Å². The van der Waals surface area contributed by atoms with E-state index in [0.717, 1.165) is 28.9 Å². The largest absolute Gasteiger partial charge is 0.493 e. The van der Waals surface area contributed by atoms with Crippen LogP contribution in [0.15, 0.2) is 47.5 Å². The van der Waals surface area contributed by atoms with Crippen molar-refractivity contribution in [1.82, 2.24) is 20.5 Å². The van der Waals surface area contributed by atoms with E-state index in [2.05, 4.69) is 25.5 Å². The van der Waals surface area contributed by atoms with Crippen LogP contribution in [-0.2, 0) is 13.0 Å². The summed E-state index contributed by atoms with van der Waals surface area (Å²) in [5.74, 6) is 3.30. The number of methoxy groups -OCH3 is 2. The summed E-state index contributed by atoms with van der Waals surface area (Å²) < 4.78 is 10.6. The molecule has 0 spiro atoms. The molecule has 0 atom stereocenters. The van der Waals surface area contributed by atoms with Crippen molar-refractivity contribution in [3.8, 4) is 22.9 Å². The van der Waals surface area contributed by atoms with Crippen molar-refractivity contribution in [2.75, 3.05) is 20.8 Å². The number of aliphatic imine (C=N–C) groups is 1. The Labute approximate surface area is 170 Å². The van der Waals surface area contributed by atoms with E-state index in [1.165, 1.54) is 0 Å². The van der Waals surface area contributed by atoms with Crippen molar-refractivity contribution in [1.29, 1.82) is 0 Å². The van der Waals surface area contributed by atoms with Crippen LogP contribution in [0, 0.1) is 6.92 Å². The first kappa shape index (κ1) is 20.2. The van der Waals surface area contributed by atoms with Crippen LogP contribution in [0.3, 0.4) is 0 Å². The molecule has 0 saturated heterocycles. The first-order valence-electron chi connectivity index (χ1n) is 9.32. The molecule has 3 aromatic rings. The number of nitrogens with two attached hydrogens (primary N) is 1. The van der Waals surface area contributed by atoms with Crippen LogP contribution in [-0.4, -0.2) is 41.9 Å². The Morgan fingerprint density at radius 2 is 1.93 bits per heavy atom. The molecule has 0 unspecified atom stereocenters. The fourth-order valence-corrected chi connectivity index (χ4v) is 2.88. The van der Waals surface area contributed by atoms with Gasteiger partial charge in [0.15, 0.2) is 23.3 Å². The Morgan fingerprint density at radius 3 is 2.66 bits per heavy atom. The number of hydrogen-bond donors (Lipinski definition) is 3. The minimum Gasteiger partial charge on any atom is -0.493 e. The average Bonchev–Trinajstić information content (AvgIpc) is 3.18. The standard InChI is InChI=1S/C21H26N6O2/c1-14-25-20(27-26-14)17-6-4-5-16(11-17)13-24-21(22)23-10-9-15-7-8-18(28-2)19(12-15)29-3/h4-8,11-12H,9-10,13H2,1-3H3,(H3,22,23,24)(H,25,26,27). The number of guanidine groups is 1. The monoisotopic (exact) mass is 394 g/mol. The molecule has 8 nitrogen and oxygen atoms in total. The van der Waals surface area contributed by atoms with Gasteiger partial charge in [0.05, 0.1) is 20.8 Å². The Hall–Kier alpha value is -3.55. The summed E-state index contributed by atoms with van der Waals surface area (Å²) in [5, 5.41) is 10.2. The van der Waals surface area contributed by atoms with Gasteiger partial charge in [0, 0.05) is 12.1 Å². The molecule has 0 fully saturated rings. The zero-order chi connectivity index (χ0) is 20.6. The third-order valence-corrected chi connectivity index (χ3v) is 4.38. The van der Waals surface area contributed by atoms with Crippen molar-refractivity contribution >= 4 is 5.96 Å². The molecule has 0 aliphatic carbocycles. The number of H-pyrrole nitrogens is 1. The third kappa shape index (κ3) is 5.47. The predicted molar refractivity (Wildman–Crippen MR) is 113 cm³/mol. The van der Waals surface area contributed by atoms with Crippen molar-refractivity contribution in [2.24, 2.45) is 10.7 Å². The number of nitrogens with zero attached hydrogens (tertiary/aromatic N) is 3. The van der Waals surface area contributed by atoms with Crippen molar-refractivity contribution in [2.45, 2.75) is 19.9 Å². The summed E-state index contributed by atoms with van der Waals surface area (Å²) in [7, 11) is 3.25. The lowest BCUT2D eigenvalue weighted by Crippen LogP contribution is -2.33. The quantitative estimate of drug-likeness (QED) is 0.400. The van der Waals surface area contributed by atoms with Gasteiger partial charge in [0.25, 0.3) is 0 Å². The Balaban J connectivity index is 1.53. The number of aromatic amines is 1. The molecule has 29 heavy (non-hydrogen) atoms. The van der Waals surface area contributed by atoms with E-state index in [9.17, 15) is 0 Å². The third-order valence-electron chi connectivity index (χ3n) is 4.38. The van der Waals surface area contributed by atoms with E-state index in [1.807, 2.05) is 49.4 Å². The minimum absolute atomic E-state index is 0.407. The molecular formula is C21H26N6O2. The summed E-state index contributed by atoms with van der Waals surface area (Å²) in [6.45, 7) is 3.02. The van der Waals surface area contributed by atoms with Crippen LogP contribution >= 0.6 is 0 Å². The predicted octanol–water partition coefficient (Wildman–Crippen LogP) is 2.44. The van der Waals surface area contributed by atoms with Crippen LogP contribution in [0.4, 0.5) is 0 Å². The van der Waals surface area contributed by atoms with Crippen LogP contribution in [0.5, 0.6) is 11.5 Å². The number of nitrogens with one attached hydrogen (secondary N) is 2. The van der Waals surface area contributed by atoms with Gasteiger partial charge >= 0.3 is 0 Å². The fourth-order valence-electron chi connectivity index (χ4n) is 2.88. The SMILES string of the molecule is COc1ccc(CCNC(N)=NCc2cccc(-c3n[nH]c(C)n3)c2)cc1OC. The van der Waals surface area contributed by atoms with Gasteiger partial charge in [-0.2, -0.15) is 5.10 Å². The molecule has 0 bridgehead atoms. The Morgan fingerprint density at radius 1 is 1.10 bits per heavy atom. The molecule has 0 saturated carbocycles. The van der Waals surface area contributed by atoms with Crippen LogP contribution < -0.4 is 20.5 Å². The summed E-state index contributed by atoms with van der Waals surface area (Å²) in [6, 6.07) is 13.8. The fraction of sp³-hybridized carbons (Fsp3) is 0.286. The molecule has 152 valence electrons. The van der Waals surface area contributed by atoms with Crippen molar-refractivity contribution < 1.29 is 9.47 Å². The first-order valence-corrected chi connectivity index (χ1v) is 9.32. The minimum atomic E-state index is 0.407. The lowest BCUT2D eigenvalue weighted by Gasteiger charge is -2.10. The molecule has 0 aliphatic rings. The zero-order valence-electron chi connectivity index (χ0n) is 16.9. The van der Waals surface area contributed by atoms with E-state index in [0.29, 0.717) is 36.4 Å². The van der Waals surface area contributed by atoms with E-state index in [1.54, 1.807) is 14.2 Å². The van der Waals surface area contributed by atoms with Gasteiger partial charge in [-0.1, -0.05) is 24.3 Å². The van der Waals surface area contributed by atoms with Crippen LogP contribution in [0.2, 0.25) is 0 Å². The second-order valence-corrected chi connectivity index (χ2v) is 6.51. The molecule has 2 aromatic carbocycles. The van der Waals surface area contributed by atoms with E-state index in [-0.39, 0.29) is 0 Å². The molecule has 1 heterocycles. The first-order chi connectivity index (χ1) is 14.1. The number of rotatable bonds is 8. The van der Waals surface area contributed by atoms with E-state index >= 15 is 0 Å². The summed E-state index contributed by atoms with van der Waals surface area (Å²) in [5.41, 5.74) is 9.11. The van der Waals surface area contributed by atoms with Gasteiger partial charge in [-0.05, 0) is 42.7 Å². The van der Waals surface area contributed by atoms with Gasteiger partial charge in [0.1, 0.15) is 5.82 Å². The topological polar surface area (TPSA) is 110 Å². The molecule has 0 radical (unpaired) electrons. The van der Waals surface area contributed by atoms with Gasteiger partial charge in [-0.25, -0.2) is 9.98 Å². The van der Waals surface area contributed by atoms with Crippen LogP contribution in [0.1, 0.15) is 17.0 Å². The highest BCUT2D eigenvalue weighted by atomic mass is 16.5. The van der Waals surface area contributed by atoms with Gasteiger partial charge in [0.2, 0.25) is 0 Å². The summed E-state index contributed by atoms with van der Waals surface area (Å²) in [6.07, 6.45) is 0.788. The molecule has 3 rings (SSSR count). The van der Waals surface area contributed by atoms with Crippen molar-refractivity contribution in [3.63, 3.8) is 0 Å². The van der Waals surface area contributed by atoms with Gasteiger partial charge in [-0.3, -0.25) is 5.10 Å². The highest BCUT2D eigenvalue weighted by Gasteiger charge is 2.06. The normalized spacial score (nSPS) is 11.3. The van der Waals surface area contributed by atoms with Gasteiger partial charge in [-0.15, -0.1) is 0 Å². The average molecular weight is 394 g/mol. The lowest BCUT2D eigenvalue weighted by atomic mass is 10.1. The summed E-state index contributed by atoms with van der Waals surface area (Å²) >= 11 is 0. The molecule has 8 heteroatoms. The number of aryl methyl sites for hydroxylation is 1. The second-order valence-electron chi connectivity index (χ2n) is 6.51. The Bertz CT molecular complexity index is 983. The number of aromatic nitrogens is 3. The highest BCUT2D eigenvalue weighted by Crippen LogP contribution is 2.27. The molecule has 4 N–H and O–H groups in total. The zero-order valence-corrected chi connectivity index (χ0v) is 16.9. The van der Waals surface area contributed by atoms with E-state index < -0.39 is 0 Å². The highest BCUT2D eigenvalue weighted by molar-refractivity contribution is 5.77. The molecular weight excluding hydrogens is 368 g/mol. The number of hydrogen-bond acceptors (Lipinski definition) is 5. The second kappa shape index (κ2) is 9.59. The number of ether oxygens (including phenoxy) is 2. The maximum Gasteiger partial charge on any atom is 0.188 e. The van der Waals surface area contributed by atoms with E-state index in [4.69, 9.17) is 15.2 Å². The smallest absolute Gasteiger partial charge is 0.188 e. The Kier molecular flexibility index (Phi) is 6.67. The number of benzene rings is 2.